The second-order valence-electron chi connectivity index (χ2n) is 9.72. The lowest BCUT2D eigenvalue weighted by atomic mass is 10.1. The van der Waals surface area contributed by atoms with Crippen LogP contribution in [-0.2, 0) is 4.79 Å². The molecule has 2 aromatic carbocycles. The van der Waals surface area contributed by atoms with Crippen LogP contribution in [0.5, 0.6) is 5.75 Å². The van der Waals surface area contributed by atoms with Crippen LogP contribution in [0.4, 0.5) is 17.1 Å². The number of carbonyl (C=O) groups excluding carboxylic acids is 2. The molecule has 7 heteroatoms. The van der Waals surface area contributed by atoms with Crippen LogP contribution in [-0.4, -0.2) is 51.1 Å². The summed E-state index contributed by atoms with van der Waals surface area (Å²) < 4.78 is 5.54. The van der Waals surface area contributed by atoms with Gasteiger partial charge in [-0.15, -0.1) is 0 Å². The first-order valence-corrected chi connectivity index (χ1v) is 13.3. The average molecular weight is 495 g/mol. The smallest absolute Gasteiger partial charge is 0.253 e. The van der Waals surface area contributed by atoms with Gasteiger partial charge in [0.25, 0.3) is 5.91 Å². The summed E-state index contributed by atoms with van der Waals surface area (Å²) in [6, 6.07) is 13.8. The fraction of sp³-hybridized carbons (Fsp3) is 0.517. The summed E-state index contributed by atoms with van der Waals surface area (Å²) >= 11 is 0. The summed E-state index contributed by atoms with van der Waals surface area (Å²) in [5.41, 5.74) is 3.24. The summed E-state index contributed by atoms with van der Waals surface area (Å²) in [5, 5.41) is 6.01. The number of benzene rings is 2. The summed E-state index contributed by atoms with van der Waals surface area (Å²) in [4.78, 5) is 30.2. The number of hydrogen-bond donors (Lipinski definition) is 2. The van der Waals surface area contributed by atoms with E-state index in [1.54, 1.807) is 7.11 Å². The molecule has 0 saturated carbocycles. The summed E-state index contributed by atoms with van der Waals surface area (Å²) in [6.07, 6.45) is 6.04. The quantitative estimate of drug-likeness (QED) is 0.383. The first kappa shape index (κ1) is 27.4. The number of nitrogens with zero attached hydrogens (tertiary/aromatic N) is 2. The van der Waals surface area contributed by atoms with Gasteiger partial charge in [-0.2, -0.15) is 0 Å². The molecule has 3 rings (SSSR count). The zero-order valence-corrected chi connectivity index (χ0v) is 22.3. The molecule has 0 aliphatic carbocycles. The normalized spacial score (nSPS) is 13.6. The predicted molar refractivity (Wildman–Crippen MR) is 148 cm³/mol. The SMILES string of the molecule is CCCCCCCC(=O)Nc1ccc(N2CCN(c3ccccc3OC)CC2)c(C(=O)NC(C)C)c1. The number of rotatable bonds is 12. The number of ether oxygens (including phenoxy) is 1. The van der Waals surface area contributed by atoms with Gasteiger partial charge in [-0.25, -0.2) is 0 Å². The number of methoxy groups -OCH3 is 1. The van der Waals surface area contributed by atoms with Crippen molar-refractivity contribution in [3.8, 4) is 5.75 Å². The molecule has 2 N–H and O–H groups in total. The van der Waals surface area contributed by atoms with Crippen LogP contribution >= 0.6 is 0 Å². The predicted octanol–water partition coefficient (Wildman–Crippen LogP) is 5.46. The van der Waals surface area contributed by atoms with Crippen molar-refractivity contribution in [2.24, 2.45) is 0 Å². The van der Waals surface area contributed by atoms with Gasteiger partial charge in [-0.3, -0.25) is 9.59 Å². The maximum absolute atomic E-state index is 13.1. The van der Waals surface area contributed by atoms with Crippen LogP contribution in [0.3, 0.4) is 0 Å². The van der Waals surface area contributed by atoms with Crippen molar-refractivity contribution in [3.63, 3.8) is 0 Å². The number of hydrogen-bond acceptors (Lipinski definition) is 5. The lowest BCUT2D eigenvalue weighted by Gasteiger charge is -2.38. The minimum absolute atomic E-state index is 0.000103. The minimum atomic E-state index is -0.122. The van der Waals surface area contributed by atoms with Gasteiger partial charge in [0, 0.05) is 50.0 Å². The molecule has 1 saturated heterocycles. The molecule has 1 aliphatic heterocycles. The van der Waals surface area contributed by atoms with E-state index in [4.69, 9.17) is 4.74 Å². The second kappa shape index (κ2) is 13.8. The molecule has 36 heavy (non-hydrogen) atoms. The Morgan fingerprint density at radius 3 is 2.25 bits per heavy atom. The summed E-state index contributed by atoms with van der Waals surface area (Å²) in [6.45, 7) is 9.29. The van der Waals surface area contributed by atoms with Crippen molar-refractivity contribution >= 4 is 28.9 Å². The molecule has 1 aliphatic rings. The van der Waals surface area contributed by atoms with E-state index in [-0.39, 0.29) is 17.9 Å². The zero-order chi connectivity index (χ0) is 25.9. The Kier molecular flexibility index (Phi) is 10.5. The molecule has 0 atom stereocenters. The van der Waals surface area contributed by atoms with E-state index in [1.165, 1.54) is 19.3 Å². The Morgan fingerprint density at radius 2 is 1.58 bits per heavy atom. The van der Waals surface area contributed by atoms with Gasteiger partial charge >= 0.3 is 0 Å². The highest BCUT2D eigenvalue weighted by Crippen LogP contribution is 2.31. The molecule has 0 spiro atoms. The maximum atomic E-state index is 13.1. The number of unbranched alkanes of at least 4 members (excludes halogenated alkanes) is 4. The molecule has 0 radical (unpaired) electrons. The number of anilines is 3. The van der Waals surface area contributed by atoms with Crippen molar-refractivity contribution < 1.29 is 14.3 Å². The van der Waals surface area contributed by atoms with Gasteiger partial charge in [-0.05, 0) is 50.6 Å². The summed E-state index contributed by atoms with van der Waals surface area (Å²) in [5.74, 6) is 0.746. The van der Waals surface area contributed by atoms with Crippen molar-refractivity contribution in [2.75, 3.05) is 48.4 Å². The van der Waals surface area contributed by atoms with Gasteiger partial charge in [0.1, 0.15) is 5.75 Å². The van der Waals surface area contributed by atoms with E-state index < -0.39 is 0 Å². The van der Waals surface area contributed by atoms with Gasteiger partial charge in [-0.1, -0.05) is 44.7 Å². The lowest BCUT2D eigenvalue weighted by molar-refractivity contribution is -0.116. The molecule has 1 heterocycles. The number of para-hydroxylation sites is 2. The molecular weight excluding hydrogens is 452 g/mol. The third kappa shape index (κ3) is 7.64. The van der Waals surface area contributed by atoms with Crippen LogP contribution in [0.15, 0.2) is 42.5 Å². The number of amides is 2. The standard InChI is InChI=1S/C29H42N4O3/c1-5-6-7-8-9-14-28(34)31-23-15-16-25(24(21-23)29(35)30-22(2)3)32-17-19-33(20-18-32)26-12-10-11-13-27(26)36-4/h10-13,15-16,21-22H,5-9,14,17-20H2,1-4H3,(H,30,35)(H,31,34). The maximum Gasteiger partial charge on any atom is 0.253 e. The molecule has 0 aromatic heterocycles. The Labute approximate surface area is 216 Å². The first-order valence-electron chi connectivity index (χ1n) is 13.3. The van der Waals surface area contributed by atoms with Crippen LogP contribution < -0.4 is 25.2 Å². The van der Waals surface area contributed by atoms with Crippen molar-refractivity contribution in [2.45, 2.75) is 65.3 Å². The van der Waals surface area contributed by atoms with Crippen LogP contribution in [0.25, 0.3) is 0 Å². The minimum Gasteiger partial charge on any atom is -0.495 e. The number of piperazine rings is 1. The topological polar surface area (TPSA) is 73.9 Å². The summed E-state index contributed by atoms with van der Waals surface area (Å²) in [7, 11) is 1.70. The number of nitrogens with one attached hydrogen (secondary N) is 2. The molecule has 0 unspecified atom stereocenters. The molecular formula is C29H42N4O3. The first-order chi connectivity index (χ1) is 17.4. The third-order valence-electron chi connectivity index (χ3n) is 6.50. The fourth-order valence-electron chi connectivity index (χ4n) is 4.60. The Hall–Kier alpha value is -3.22. The van der Waals surface area contributed by atoms with Gasteiger partial charge in [0.05, 0.1) is 18.4 Å². The fourth-order valence-corrected chi connectivity index (χ4v) is 4.60. The lowest BCUT2D eigenvalue weighted by Crippen LogP contribution is -2.47. The van der Waals surface area contributed by atoms with E-state index in [0.717, 1.165) is 56.1 Å². The van der Waals surface area contributed by atoms with Gasteiger partial charge < -0.3 is 25.2 Å². The molecule has 0 bridgehead atoms. The third-order valence-corrected chi connectivity index (χ3v) is 6.50. The van der Waals surface area contributed by atoms with Crippen LogP contribution in [0, 0.1) is 0 Å². The van der Waals surface area contributed by atoms with Crippen molar-refractivity contribution in [3.05, 3.63) is 48.0 Å². The Balaban J connectivity index is 1.70. The molecule has 2 amide bonds. The molecule has 1 fully saturated rings. The van der Waals surface area contributed by atoms with Crippen LogP contribution in [0.2, 0.25) is 0 Å². The van der Waals surface area contributed by atoms with Crippen molar-refractivity contribution in [1.82, 2.24) is 5.32 Å². The van der Waals surface area contributed by atoms with E-state index in [1.807, 2.05) is 50.2 Å². The highest BCUT2D eigenvalue weighted by atomic mass is 16.5. The Bertz CT molecular complexity index is 1000. The highest BCUT2D eigenvalue weighted by Gasteiger charge is 2.24. The largest absolute Gasteiger partial charge is 0.495 e. The van der Waals surface area contributed by atoms with Gasteiger partial charge in [0.15, 0.2) is 0 Å². The zero-order valence-electron chi connectivity index (χ0n) is 22.3. The van der Waals surface area contributed by atoms with E-state index >= 15 is 0 Å². The molecule has 196 valence electrons. The molecule has 2 aromatic rings. The van der Waals surface area contributed by atoms with E-state index in [9.17, 15) is 9.59 Å². The van der Waals surface area contributed by atoms with Crippen molar-refractivity contribution in [1.29, 1.82) is 0 Å². The van der Waals surface area contributed by atoms with E-state index in [2.05, 4.69) is 33.4 Å². The Morgan fingerprint density at radius 1 is 0.917 bits per heavy atom. The van der Waals surface area contributed by atoms with E-state index in [0.29, 0.717) is 17.7 Å². The monoisotopic (exact) mass is 494 g/mol. The highest BCUT2D eigenvalue weighted by molar-refractivity contribution is 6.02. The molecule has 7 nitrogen and oxygen atoms in total. The average Bonchev–Trinajstić information content (AvgIpc) is 2.88. The van der Waals surface area contributed by atoms with Crippen LogP contribution in [0.1, 0.15) is 69.7 Å². The van der Waals surface area contributed by atoms with Gasteiger partial charge in [0.2, 0.25) is 5.91 Å². The second-order valence-corrected chi connectivity index (χ2v) is 9.72. The number of carbonyl (C=O) groups is 2.